The van der Waals surface area contributed by atoms with E-state index >= 15 is 0 Å². The van der Waals surface area contributed by atoms with E-state index < -0.39 is 0 Å². The maximum atomic E-state index is 11.5. The molecule has 0 amide bonds. The molecule has 0 aliphatic carbocycles. The molecular formula is C11H11Br2NO. The van der Waals surface area contributed by atoms with E-state index in [9.17, 15) is 4.79 Å². The van der Waals surface area contributed by atoms with Crippen LogP contribution in [0.5, 0.6) is 0 Å². The molecule has 1 aromatic rings. The second-order valence-electron chi connectivity index (χ2n) is 3.27. The number of carbonyl (C=O) groups is 1. The van der Waals surface area contributed by atoms with Crippen molar-refractivity contribution < 1.29 is 4.79 Å². The smallest absolute Gasteiger partial charge is 0.161 e. The highest BCUT2D eigenvalue weighted by Gasteiger charge is 2.05. The van der Waals surface area contributed by atoms with E-state index in [4.69, 9.17) is 5.73 Å². The standard InChI is InChI=1S/C11H11Br2NO/c1-7(14)4-10(15)5-8-2-3-9(12)6-11(8)13/h2-4,6H,5,14H2,1H3/b7-4-. The summed E-state index contributed by atoms with van der Waals surface area (Å²) >= 11 is 6.76. The molecule has 0 heterocycles. The van der Waals surface area contributed by atoms with Gasteiger partial charge in [0.1, 0.15) is 0 Å². The number of hydrogen-bond acceptors (Lipinski definition) is 2. The monoisotopic (exact) mass is 331 g/mol. The first-order valence-electron chi connectivity index (χ1n) is 4.39. The summed E-state index contributed by atoms with van der Waals surface area (Å²) in [7, 11) is 0. The van der Waals surface area contributed by atoms with Crippen molar-refractivity contribution >= 4 is 37.6 Å². The van der Waals surface area contributed by atoms with Crippen LogP contribution in [0.2, 0.25) is 0 Å². The van der Waals surface area contributed by atoms with Crippen LogP contribution in [0.25, 0.3) is 0 Å². The first-order chi connectivity index (χ1) is 6.99. The third kappa shape index (κ3) is 4.18. The number of benzene rings is 1. The van der Waals surface area contributed by atoms with Crippen molar-refractivity contribution in [2.24, 2.45) is 5.73 Å². The molecule has 0 aliphatic heterocycles. The van der Waals surface area contributed by atoms with Crippen LogP contribution in [0.1, 0.15) is 12.5 Å². The first kappa shape index (κ1) is 12.5. The zero-order chi connectivity index (χ0) is 11.4. The highest BCUT2D eigenvalue weighted by molar-refractivity contribution is 9.11. The molecule has 0 aliphatic rings. The van der Waals surface area contributed by atoms with Gasteiger partial charge in [-0.15, -0.1) is 0 Å². The van der Waals surface area contributed by atoms with E-state index in [1.807, 2.05) is 18.2 Å². The van der Waals surface area contributed by atoms with E-state index in [1.165, 1.54) is 6.08 Å². The third-order valence-corrected chi connectivity index (χ3v) is 3.00. The molecule has 1 rings (SSSR count). The predicted octanol–water partition coefficient (Wildman–Crippen LogP) is 3.19. The van der Waals surface area contributed by atoms with Crippen molar-refractivity contribution in [3.63, 3.8) is 0 Å². The maximum absolute atomic E-state index is 11.5. The number of allylic oxidation sites excluding steroid dienone is 2. The normalized spacial score (nSPS) is 11.5. The molecule has 0 spiro atoms. The Morgan fingerprint density at radius 2 is 2.13 bits per heavy atom. The lowest BCUT2D eigenvalue weighted by Crippen LogP contribution is -2.03. The predicted molar refractivity (Wildman–Crippen MR) is 68.5 cm³/mol. The van der Waals surface area contributed by atoms with Gasteiger partial charge in [-0.3, -0.25) is 4.79 Å². The molecule has 0 atom stereocenters. The van der Waals surface area contributed by atoms with Crippen molar-refractivity contribution in [1.82, 2.24) is 0 Å². The molecule has 0 radical (unpaired) electrons. The van der Waals surface area contributed by atoms with Gasteiger partial charge in [-0.05, 0) is 30.7 Å². The van der Waals surface area contributed by atoms with Crippen LogP contribution in [0.15, 0.2) is 38.9 Å². The number of halogens is 2. The van der Waals surface area contributed by atoms with Gasteiger partial charge in [0, 0.05) is 21.1 Å². The summed E-state index contributed by atoms with van der Waals surface area (Å²) in [6.07, 6.45) is 1.82. The van der Waals surface area contributed by atoms with E-state index in [-0.39, 0.29) is 5.78 Å². The average Bonchev–Trinajstić information content (AvgIpc) is 2.08. The number of ketones is 1. The summed E-state index contributed by atoms with van der Waals surface area (Å²) in [4.78, 5) is 11.5. The van der Waals surface area contributed by atoms with Crippen LogP contribution in [-0.4, -0.2) is 5.78 Å². The fourth-order valence-corrected chi connectivity index (χ4v) is 2.34. The summed E-state index contributed by atoms with van der Waals surface area (Å²) in [5.41, 5.74) is 6.92. The Labute approximate surface area is 106 Å². The summed E-state index contributed by atoms with van der Waals surface area (Å²) < 4.78 is 1.91. The SMILES string of the molecule is C/C(N)=C/C(=O)Cc1ccc(Br)cc1Br. The number of rotatable bonds is 3. The number of hydrogen-bond donors (Lipinski definition) is 1. The third-order valence-electron chi connectivity index (χ3n) is 1.77. The van der Waals surface area contributed by atoms with Crippen molar-refractivity contribution in [2.75, 3.05) is 0 Å². The van der Waals surface area contributed by atoms with Gasteiger partial charge in [-0.1, -0.05) is 37.9 Å². The molecule has 0 bridgehead atoms. The quantitative estimate of drug-likeness (QED) is 0.864. The largest absolute Gasteiger partial charge is 0.402 e. The molecule has 80 valence electrons. The van der Waals surface area contributed by atoms with E-state index in [1.54, 1.807) is 6.92 Å². The molecular weight excluding hydrogens is 322 g/mol. The average molecular weight is 333 g/mol. The second kappa shape index (κ2) is 5.47. The Hall–Kier alpha value is -0.610. The summed E-state index contributed by atoms with van der Waals surface area (Å²) in [5.74, 6) is 0.0121. The Morgan fingerprint density at radius 3 is 2.67 bits per heavy atom. The zero-order valence-corrected chi connectivity index (χ0v) is 11.4. The minimum atomic E-state index is 0.0121. The molecule has 0 saturated carbocycles. The van der Waals surface area contributed by atoms with Gasteiger partial charge in [0.2, 0.25) is 0 Å². The minimum Gasteiger partial charge on any atom is -0.402 e. The Kier molecular flexibility index (Phi) is 4.54. The highest BCUT2D eigenvalue weighted by Crippen LogP contribution is 2.22. The zero-order valence-electron chi connectivity index (χ0n) is 8.26. The van der Waals surface area contributed by atoms with Crippen LogP contribution in [0, 0.1) is 0 Å². The Bertz CT molecular complexity index is 409. The Morgan fingerprint density at radius 1 is 1.47 bits per heavy atom. The lowest BCUT2D eigenvalue weighted by Gasteiger charge is -2.02. The van der Waals surface area contributed by atoms with Crippen molar-refractivity contribution in [3.05, 3.63) is 44.5 Å². The topological polar surface area (TPSA) is 43.1 Å². The van der Waals surface area contributed by atoms with Gasteiger partial charge in [-0.25, -0.2) is 0 Å². The van der Waals surface area contributed by atoms with E-state index in [0.717, 1.165) is 14.5 Å². The van der Waals surface area contributed by atoms with E-state index in [0.29, 0.717) is 12.1 Å². The molecule has 0 fully saturated rings. The van der Waals surface area contributed by atoms with Crippen LogP contribution >= 0.6 is 31.9 Å². The van der Waals surface area contributed by atoms with Gasteiger partial charge >= 0.3 is 0 Å². The van der Waals surface area contributed by atoms with Crippen LogP contribution < -0.4 is 5.73 Å². The van der Waals surface area contributed by atoms with Crippen LogP contribution in [-0.2, 0) is 11.2 Å². The van der Waals surface area contributed by atoms with Crippen LogP contribution in [0.4, 0.5) is 0 Å². The maximum Gasteiger partial charge on any atom is 0.161 e. The fraction of sp³-hybridized carbons (Fsp3) is 0.182. The van der Waals surface area contributed by atoms with Gasteiger partial charge < -0.3 is 5.73 Å². The molecule has 2 nitrogen and oxygen atoms in total. The van der Waals surface area contributed by atoms with E-state index in [2.05, 4.69) is 31.9 Å². The van der Waals surface area contributed by atoms with Gasteiger partial charge in [0.05, 0.1) is 0 Å². The molecule has 1 aromatic carbocycles. The Balaban J connectivity index is 2.82. The van der Waals surface area contributed by atoms with Crippen LogP contribution in [0.3, 0.4) is 0 Å². The second-order valence-corrected chi connectivity index (χ2v) is 5.04. The van der Waals surface area contributed by atoms with Gasteiger partial charge in [-0.2, -0.15) is 0 Å². The van der Waals surface area contributed by atoms with Crippen molar-refractivity contribution in [2.45, 2.75) is 13.3 Å². The fourth-order valence-electron chi connectivity index (χ4n) is 1.16. The molecule has 0 aromatic heterocycles. The lowest BCUT2D eigenvalue weighted by molar-refractivity contribution is -0.114. The van der Waals surface area contributed by atoms with Crippen molar-refractivity contribution in [1.29, 1.82) is 0 Å². The van der Waals surface area contributed by atoms with Gasteiger partial charge in [0.15, 0.2) is 5.78 Å². The number of nitrogens with two attached hydrogens (primary N) is 1. The molecule has 0 unspecified atom stereocenters. The molecule has 2 N–H and O–H groups in total. The molecule has 4 heteroatoms. The minimum absolute atomic E-state index is 0.0121. The number of carbonyl (C=O) groups excluding carboxylic acids is 1. The first-order valence-corrected chi connectivity index (χ1v) is 5.98. The summed E-state index contributed by atoms with van der Waals surface area (Å²) in [6, 6.07) is 5.74. The summed E-state index contributed by atoms with van der Waals surface area (Å²) in [6.45, 7) is 1.70. The summed E-state index contributed by atoms with van der Waals surface area (Å²) in [5, 5.41) is 0. The molecule has 0 saturated heterocycles. The molecule has 15 heavy (non-hydrogen) atoms. The highest BCUT2D eigenvalue weighted by atomic mass is 79.9. The van der Waals surface area contributed by atoms with Crippen molar-refractivity contribution in [3.8, 4) is 0 Å². The lowest BCUT2D eigenvalue weighted by atomic mass is 10.1. The van der Waals surface area contributed by atoms with Gasteiger partial charge in [0.25, 0.3) is 0 Å².